The van der Waals surface area contributed by atoms with E-state index in [1.807, 2.05) is 0 Å². The van der Waals surface area contributed by atoms with Crippen LogP contribution in [0.5, 0.6) is 0 Å². The first-order valence-electron chi connectivity index (χ1n) is 17.4. The lowest BCUT2D eigenvalue weighted by Gasteiger charge is -2.50. The predicted molar refractivity (Wildman–Crippen MR) is 229 cm³/mol. The van der Waals surface area contributed by atoms with Crippen molar-refractivity contribution in [3.05, 3.63) is 12.2 Å². The van der Waals surface area contributed by atoms with Crippen molar-refractivity contribution in [1.82, 2.24) is 0 Å². The average Bonchev–Trinajstić information content (AvgIpc) is 2.87. The second-order valence-electron chi connectivity index (χ2n) is 17.3. The van der Waals surface area contributed by atoms with Crippen LogP contribution in [0, 0.1) is 0 Å². The third-order valence-corrected chi connectivity index (χ3v) is 28.4. The van der Waals surface area contributed by atoms with Gasteiger partial charge in [-0.2, -0.15) is 0 Å². The highest BCUT2D eigenvalue weighted by Gasteiger charge is 2.57. The molecule has 11 nitrogen and oxygen atoms in total. The Kier molecular flexibility index (Phi) is 21.1. The smallest absolute Gasteiger partial charge is 0.462 e. The Hall–Kier alpha value is 1.02. The molecule has 0 aliphatic heterocycles. The molecule has 0 heterocycles. The fourth-order valence-electron chi connectivity index (χ4n) is 5.06. The molecule has 49 heavy (non-hydrogen) atoms. The minimum atomic E-state index is -3.66. The van der Waals surface area contributed by atoms with Gasteiger partial charge in [-0.25, -0.2) is 4.79 Å². The van der Waals surface area contributed by atoms with Gasteiger partial charge < -0.3 is 43.6 Å². The fourth-order valence-corrected chi connectivity index (χ4v) is 32.6. The normalized spacial score (nSPS) is 17.1. The van der Waals surface area contributed by atoms with Gasteiger partial charge in [0.1, 0.15) is 31.5 Å². The number of carbonyl (C=O) groups is 1. The molecule has 0 amide bonds. The van der Waals surface area contributed by atoms with E-state index in [9.17, 15) is 4.79 Å². The fraction of sp³-hybridized carbons (Fsp3) is 0.893. The minimum Gasteiger partial charge on any atom is -0.462 e. The van der Waals surface area contributed by atoms with Gasteiger partial charge in [0.15, 0.2) is 25.0 Å². The Balaban J connectivity index is 7.51. The van der Waals surface area contributed by atoms with Crippen molar-refractivity contribution in [2.75, 3.05) is 26.4 Å². The highest BCUT2D eigenvalue weighted by Crippen LogP contribution is 2.36. The monoisotopic (exact) mass is 866 g/mol. The van der Waals surface area contributed by atoms with E-state index in [1.165, 1.54) is 0 Å². The Morgan fingerprint density at radius 2 is 0.857 bits per heavy atom. The van der Waals surface area contributed by atoms with Crippen LogP contribution in [0.25, 0.3) is 0 Å². The van der Waals surface area contributed by atoms with Crippen LogP contribution >= 0.6 is 0 Å². The van der Waals surface area contributed by atoms with Crippen LogP contribution in [0.3, 0.4) is 0 Å². The molecular weight excluding hydrogens is 793 g/mol. The molecule has 0 saturated heterocycles. The number of esters is 1. The molecule has 3 unspecified atom stereocenters. The first-order valence-corrected chi connectivity index (χ1v) is 40.9. The number of carbonyl (C=O) groups excluding carboxylic acids is 1. The van der Waals surface area contributed by atoms with Gasteiger partial charge in [-0.1, -0.05) is 6.58 Å². The van der Waals surface area contributed by atoms with Gasteiger partial charge in [0.05, 0.1) is 43.6 Å². The van der Waals surface area contributed by atoms with E-state index in [4.69, 9.17) is 43.6 Å². The summed E-state index contributed by atoms with van der Waals surface area (Å²) in [5, 5.41) is 0. The summed E-state index contributed by atoms with van der Waals surface area (Å²) in [4.78, 5) is 12.4. The van der Waals surface area contributed by atoms with Crippen molar-refractivity contribution in [2.24, 2.45) is 0 Å². The van der Waals surface area contributed by atoms with Gasteiger partial charge in [-0.15, -0.1) is 0 Å². The maximum Gasteiger partial charge on any atom is 0.469 e. The van der Waals surface area contributed by atoms with Crippen LogP contribution in [0.4, 0.5) is 0 Å². The summed E-state index contributed by atoms with van der Waals surface area (Å²) >= 11 is 0. The van der Waals surface area contributed by atoms with Crippen molar-refractivity contribution in [1.29, 1.82) is 0 Å². The van der Waals surface area contributed by atoms with Crippen LogP contribution in [0.15, 0.2) is 12.2 Å². The van der Waals surface area contributed by atoms with Crippen molar-refractivity contribution in [3.8, 4) is 0 Å². The van der Waals surface area contributed by atoms with Crippen LogP contribution in [-0.4, -0.2) is 140 Å². The topological polar surface area (TPSA) is 109 Å². The zero-order valence-corrected chi connectivity index (χ0v) is 47.7. The van der Waals surface area contributed by atoms with Gasteiger partial charge in [0.25, 0.3) is 0 Å². The summed E-state index contributed by atoms with van der Waals surface area (Å²) < 4.78 is 66.2. The molecule has 0 aliphatic rings. The molecule has 292 valence electrons. The molecule has 21 heteroatoms. The van der Waals surface area contributed by atoms with Crippen molar-refractivity contribution in [3.63, 3.8) is 0 Å². The van der Waals surface area contributed by atoms with E-state index in [0.717, 1.165) is 0 Å². The second-order valence-corrected chi connectivity index (χ2v) is 48.3. The molecule has 0 radical (unpaired) electrons. The number of rotatable bonds is 26. The third-order valence-electron chi connectivity index (χ3n) is 7.23. The molecule has 0 N–H and O–H groups in total. The van der Waals surface area contributed by atoms with Gasteiger partial charge in [-0.3, -0.25) is 0 Å². The van der Waals surface area contributed by atoms with Crippen molar-refractivity contribution < 1.29 is 48.4 Å². The molecule has 0 aromatic rings. The van der Waals surface area contributed by atoms with Crippen LogP contribution in [0.1, 0.15) is 13.3 Å². The zero-order chi connectivity index (χ0) is 38.7. The zero-order valence-electron chi connectivity index (χ0n) is 34.7. The highest BCUT2D eigenvalue weighted by molar-refractivity contribution is 6.92. The summed E-state index contributed by atoms with van der Waals surface area (Å²) in [5.41, 5.74) is -0.292. The van der Waals surface area contributed by atoms with E-state index in [2.05, 4.69) is 105 Å². The van der Waals surface area contributed by atoms with Crippen LogP contribution in [-0.2, 0) is 48.4 Å². The molecule has 0 saturated carbocycles. The lowest BCUT2D eigenvalue weighted by atomic mass is 10.4. The molecule has 3 atom stereocenters. The Labute approximate surface area is 316 Å². The van der Waals surface area contributed by atoms with Crippen molar-refractivity contribution >= 4 is 96.1 Å². The maximum absolute atomic E-state index is 12.4. The SMILES string of the molecule is C=C(C)C(=O)OCCC[Si](O[Si](C)(C)C(CO[SiH3])O[Si](C)(C)C)(O[Si](C)(C)C(CO[SiH3])O[Si](C)(C)C)O[Si](C)(C)C(CO[SiH3])O[Si](C)(C)C. The maximum atomic E-state index is 12.4. The van der Waals surface area contributed by atoms with Gasteiger partial charge in [-0.05, 0) is 112 Å². The van der Waals surface area contributed by atoms with Gasteiger partial charge in [0.2, 0.25) is 25.0 Å². The minimum absolute atomic E-state index is 0.192. The third kappa shape index (κ3) is 20.3. The van der Waals surface area contributed by atoms with E-state index >= 15 is 0 Å². The summed E-state index contributed by atoms with van der Waals surface area (Å²) in [7, 11) is -16.1. The van der Waals surface area contributed by atoms with Gasteiger partial charge in [0, 0.05) is 11.6 Å². The molecule has 0 aliphatic carbocycles. The molecule has 0 aromatic carbocycles. The number of hydrogen-bond acceptors (Lipinski definition) is 11. The summed E-state index contributed by atoms with van der Waals surface area (Å²) in [6.45, 7) is 39.8. The largest absolute Gasteiger partial charge is 0.469 e. The number of hydrogen-bond donors (Lipinski definition) is 0. The number of ether oxygens (including phenoxy) is 1. The Morgan fingerprint density at radius 3 is 1.08 bits per heavy atom. The highest BCUT2D eigenvalue weighted by atomic mass is 28.5. The Morgan fingerprint density at radius 1 is 0.571 bits per heavy atom. The Bertz CT molecular complexity index is 917. The summed E-state index contributed by atoms with van der Waals surface area (Å²) in [6.07, 6.45) is 0.495. The molecular formula is C28H74O11Si10. The first-order chi connectivity index (χ1) is 21.9. The van der Waals surface area contributed by atoms with E-state index in [-0.39, 0.29) is 23.8 Å². The lowest BCUT2D eigenvalue weighted by Crippen LogP contribution is -2.69. The molecule has 0 rings (SSSR count). The van der Waals surface area contributed by atoms with Gasteiger partial charge >= 0.3 is 14.8 Å². The lowest BCUT2D eigenvalue weighted by molar-refractivity contribution is -0.139. The molecule has 0 fully saturated rings. The van der Waals surface area contributed by atoms with E-state index < -0.39 is 64.7 Å². The first kappa shape index (κ1) is 50.0. The predicted octanol–water partition coefficient (Wildman–Crippen LogP) is 3.27. The summed E-state index contributed by atoms with van der Waals surface area (Å²) in [5.74, 6) is -0.414. The second kappa shape index (κ2) is 20.6. The standard InChI is InChI=1S/C28H74O11Si10/c1-24(2)28(29)30-19-18-20-49(37-46(12,13)25(21-31-40)34-43(3,4)5,38-47(14,15)26(22-32-41)35-44(6,7)8)39-48(16,17)27(23-33-42)36-45(9,10)11/h25-27H,1,18-23H2,2-17,40-42H3. The molecule has 0 spiro atoms. The summed E-state index contributed by atoms with van der Waals surface area (Å²) in [6, 6.07) is 0.448. The van der Waals surface area contributed by atoms with Crippen LogP contribution in [0.2, 0.25) is 104 Å². The van der Waals surface area contributed by atoms with Crippen molar-refractivity contribution in [2.45, 2.75) is 135 Å². The molecule has 0 bridgehead atoms. The van der Waals surface area contributed by atoms with E-state index in [0.29, 0.717) is 69.3 Å². The van der Waals surface area contributed by atoms with E-state index in [1.54, 1.807) is 6.92 Å². The molecule has 0 aromatic heterocycles. The quantitative estimate of drug-likeness (QED) is 0.0554. The average molecular weight is 868 g/mol. The van der Waals surface area contributed by atoms with Crippen LogP contribution < -0.4 is 0 Å².